The van der Waals surface area contributed by atoms with Gasteiger partial charge in [0.05, 0.1) is 19.3 Å². The van der Waals surface area contributed by atoms with Crippen molar-refractivity contribution in [3.05, 3.63) is 71.3 Å². The fraction of sp³-hybridized carbons (Fsp3) is 0.400. The summed E-state index contributed by atoms with van der Waals surface area (Å²) in [5, 5.41) is 10.9. The molecule has 8 heteroatoms. The highest BCUT2D eigenvalue weighted by atomic mass is 16.7. The molecular formula is C30H32O8. The van der Waals surface area contributed by atoms with Crippen LogP contribution in [0.25, 0.3) is 0 Å². The number of aliphatic hydroxyl groups is 1. The molecule has 6 atom stereocenters. The van der Waals surface area contributed by atoms with Gasteiger partial charge in [-0.2, -0.15) is 0 Å². The second kappa shape index (κ2) is 9.93. The number of methoxy groups -OCH3 is 1. The number of fused-ring (bicyclic) bond motifs is 2. The van der Waals surface area contributed by atoms with E-state index >= 15 is 0 Å². The van der Waals surface area contributed by atoms with E-state index in [0.717, 1.165) is 22.6 Å². The van der Waals surface area contributed by atoms with Crippen molar-refractivity contribution in [2.45, 2.75) is 45.2 Å². The zero-order valence-corrected chi connectivity index (χ0v) is 21.9. The van der Waals surface area contributed by atoms with Crippen LogP contribution in [-0.2, 0) is 4.74 Å². The Morgan fingerprint density at radius 3 is 2.00 bits per heavy atom. The van der Waals surface area contributed by atoms with Crippen molar-refractivity contribution in [2.24, 2.45) is 11.8 Å². The molecule has 200 valence electrons. The number of ether oxygens (including phenoxy) is 7. The molecule has 0 aromatic heterocycles. The summed E-state index contributed by atoms with van der Waals surface area (Å²) in [7, 11) is 1.61. The summed E-state index contributed by atoms with van der Waals surface area (Å²) in [5.41, 5.74) is 2.78. The van der Waals surface area contributed by atoms with E-state index in [2.05, 4.69) is 13.8 Å². The average Bonchev–Trinajstić information content (AvgIpc) is 3.67. The molecule has 0 saturated carbocycles. The Labute approximate surface area is 221 Å². The van der Waals surface area contributed by atoms with Crippen molar-refractivity contribution in [3.8, 4) is 34.5 Å². The Bertz CT molecular complexity index is 1320. The number of rotatable bonds is 7. The van der Waals surface area contributed by atoms with Gasteiger partial charge in [0, 0.05) is 0 Å². The van der Waals surface area contributed by atoms with Gasteiger partial charge in [0.25, 0.3) is 0 Å². The molecule has 6 rings (SSSR count). The van der Waals surface area contributed by atoms with E-state index in [4.69, 9.17) is 33.2 Å². The van der Waals surface area contributed by atoms with E-state index < -0.39 is 12.2 Å². The van der Waals surface area contributed by atoms with Gasteiger partial charge in [0.1, 0.15) is 12.2 Å². The molecule has 38 heavy (non-hydrogen) atoms. The van der Waals surface area contributed by atoms with Crippen molar-refractivity contribution in [2.75, 3.05) is 20.7 Å². The van der Waals surface area contributed by atoms with Gasteiger partial charge in [0.2, 0.25) is 13.6 Å². The quantitative estimate of drug-likeness (QED) is 0.422. The third kappa shape index (κ3) is 4.37. The molecule has 0 spiro atoms. The second-order valence-electron chi connectivity index (χ2n) is 10.1. The minimum Gasteiger partial charge on any atom is -0.493 e. The third-order valence-electron chi connectivity index (χ3n) is 7.81. The van der Waals surface area contributed by atoms with Gasteiger partial charge in [0.15, 0.2) is 34.5 Å². The van der Waals surface area contributed by atoms with E-state index in [9.17, 15) is 5.11 Å². The highest BCUT2D eigenvalue weighted by Crippen LogP contribution is 2.51. The van der Waals surface area contributed by atoms with Gasteiger partial charge in [-0.25, -0.2) is 0 Å². The van der Waals surface area contributed by atoms with Crippen molar-refractivity contribution in [1.82, 2.24) is 0 Å². The molecular weight excluding hydrogens is 488 g/mol. The first-order valence-corrected chi connectivity index (χ1v) is 12.9. The van der Waals surface area contributed by atoms with Crippen LogP contribution in [0.4, 0.5) is 0 Å². The molecule has 3 aromatic carbocycles. The molecule has 1 fully saturated rings. The van der Waals surface area contributed by atoms with Crippen LogP contribution in [0.3, 0.4) is 0 Å². The summed E-state index contributed by atoms with van der Waals surface area (Å²) in [6, 6.07) is 17.3. The van der Waals surface area contributed by atoms with Gasteiger partial charge in [-0.1, -0.05) is 32.0 Å². The largest absolute Gasteiger partial charge is 0.493 e. The molecule has 0 aliphatic carbocycles. The molecule has 0 radical (unpaired) electrons. The lowest BCUT2D eigenvalue weighted by Crippen LogP contribution is -2.22. The van der Waals surface area contributed by atoms with Gasteiger partial charge in [-0.3, -0.25) is 0 Å². The Hall–Kier alpha value is -3.62. The molecule has 1 saturated heterocycles. The van der Waals surface area contributed by atoms with Gasteiger partial charge in [-0.15, -0.1) is 0 Å². The SMILES string of the molecule is COc1cc([C@H]2O[C@H](c3ccc4c(c3)OCO4)[C@H](C)[C@H]2C)ccc1O[C@H](C)[C@@H](O)c1ccc2c(c1)OCO2. The van der Waals surface area contributed by atoms with Crippen LogP contribution in [0.5, 0.6) is 34.5 Å². The fourth-order valence-corrected chi connectivity index (χ4v) is 5.40. The summed E-state index contributed by atoms with van der Waals surface area (Å²) in [4.78, 5) is 0. The number of hydrogen-bond acceptors (Lipinski definition) is 8. The van der Waals surface area contributed by atoms with Crippen LogP contribution in [-0.4, -0.2) is 31.9 Å². The maximum atomic E-state index is 10.9. The predicted molar refractivity (Wildman–Crippen MR) is 138 cm³/mol. The average molecular weight is 521 g/mol. The summed E-state index contributed by atoms with van der Waals surface area (Å²) in [6.45, 7) is 6.68. The fourth-order valence-electron chi connectivity index (χ4n) is 5.40. The molecule has 0 amide bonds. The zero-order valence-electron chi connectivity index (χ0n) is 21.9. The van der Waals surface area contributed by atoms with Crippen LogP contribution in [0, 0.1) is 11.8 Å². The highest BCUT2D eigenvalue weighted by molar-refractivity contribution is 5.47. The molecule has 3 heterocycles. The Morgan fingerprint density at radius 2 is 1.32 bits per heavy atom. The molecule has 3 aliphatic rings. The van der Waals surface area contributed by atoms with E-state index in [1.54, 1.807) is 19.2 Å². The summed E-state index contributed by atoms with van der Waals surface area (Å²) in [6.07, 6.45) is -1.58. The Morgan fingerprint density at radius 1 is 0.737 bits per heavy atom. The summed E-state index contributed by atoms with van der Waals surface area (Å²) < 4.78 is 40.3. The normalized spacial score (nSPS) is 24.8. The van der Waals surface area contributed by atoms with Crippen molar-refractivity contribution in [1.29, 1.82) is 0 Å². The number of aliphatic hydroxyl groups excluding tert-OH is 1. The first kappa shape index (κ1) is 24.7. The molecule has 3 aliphatic heterocycles. The number of benzene rings is 3. The summed E-state index contributed by atoms with van der Waals surface area (Å²) >= 11 is 0. The van der Waals surface area contributed by atoms with E-state index in [-0.39, 0.29) is 31.7 Å². The Kier molecular flexibility index (Phi) is 6.45. The topological polar surface area (TPSA) is 84.8 Å². The highest BCUT2D eigenvalue weighted by Gasteiger charge is 2.41. The first-order valence-electron chi connectivity index (χ1n) is 12.9. The monoisotopic (exact) mass is 520 g/mol. The molecule has 8 nitrogen and oxygen atoms in total. The molecule has 0 bridgehead atoms. The number of hydrogen-bond donors (Lipinski definition) is 1. The molecule has 3 aromatic rings. The lowest BCUT2D eigenvalue weighted by molar-refractivity contribution is 0.0285. The first-order chi connectivity index (χ1) is 18.4. The zero-order chi connectivity index (χ0) is 26.4. The van der Waals surface area contributed by atoms with E-state index in [0.29, 0.717) is 34.5 Å². The minimum atomic E-state index is -0.865. The maximum absolute atomic E-state index is 10.9. The van der Waals surface area contributed by atoms with E-state index in [1.807, 2.05) is 49.4 Å². The second-order valence-corrected chi connectivity index (χ2v) is 10.1. The lowest BCUT2D eigenvalue weighted by atomic mass is 9.85. The van der Waals surface area contributed by atoms with Gasteiger partial charge < -0.3 is 38.3 Å². The third-order valence-corrected chi connectivity index (χ3v) is 7.81. The standard InChI is InChI=1S/C30H32O8/c1-16-17(2)30(21-6-9-23-27(13-21)36-15-34-23)38-29(16)20-7-10-24(25(12-20)32-4)37-18(3)28(31)19-5-8-22-26(11-19)35-14-33-22/h5-13,16-18,28-31H,14-15H2,1-4H3/t16-,17-,18-,28-,29+,30+/m1/s1. The van der Waals surface area contributed by atoms with Crippen molar-refractivity contribution >= 4 is 0 Å². The van der Waals surface area contributed by atoms with Crippen molar-refractivity contribution in [3.63, 3.8) is 0 Å². The maximum Gasteiger partial charge on any atom is 0.231 e. The van der Waals surface area contributed by atoms with Crippen LogP contribution < -0.4 is 28.4 Å². The van der Waals surface area contributed by atoms with E-state index in [1.165, 1.54) is 0 Å². The summed E-state index contributed by atoms with van der Waals surface area (Å²) in [5.74, 6) is 4.52. The Balaban J connectivity index is 1.18. The van der Waals surface area contributed by atoms with Crippen LogP contribution in [0.15, 0.2) is 54.6 Å². The smallest absolute Gasteiger partial charge is 0.231 e. The van der Waals surface area contributed by atoms with Crippen molar-refractivity contribution < 1.29 is 38.3 Å². The van der Waals surface area contributed by atoms with Crippen LogP contribution in [0.2, 0.25) is 0 Å². The van der Waals surface area contributed by atoms with Gasteiger partial charge in [-0.05, 0) is 71.8 Å². The minimum absolute atomic E-state index is 0.0664. The van der Waals surface area contributed by atoms with Crippen LogP contribution >= 0.6 is 0 Å². The molecule has 0 unspecified atom stereocenters. The predicted octanol–water partition coefficient (Wildman–Crippen LogP) is 5.74. The van der Waals surface area contributed by atoms with Crippen LogP contribution in [0.1, 0.15) is 55.8 Å². The van der Waals surface area contributed by atoms with Gasteiger partial charge >= 0.3 is 0 Å². The lowest BCUT2D eigenvalue weighted by Gasteiger charge is -2.23. The molecule has 1 N–H and O–H groups in total.